The van der Waals surface area contributed by atoms with Crippen molar-refractivity contribution < 1.29 is 4.39 Å². The molecule has 152 valence electrons. The Bertz CT molecular complexity index is 1070. The van der Waals surface area contributed by atoms with Crippen molar-refractivity contribution in [2.75, 3.05) is 31.1 Å². The summed E-state index contributed by atoms with van der Waals surface area (Å²) in [4.78, 5) is 21.9. The number of halogens is 1. The molecule has 2 aromatic heterocycles. The SMILES string of the molecule is CCC(c1ccc(F)cc1)N1CCN(c2cc(=O)n(C)c3ccc(C)nc23)CC1. The van der Waals surface area contributed by atoms with E-state index in [1.54, 1.807) is 17.7 Å². The minimum atomic E-state index is -0.200. The molecule has 0 aliphatic carbocycles. The van der Waals surface area contributed by atoms with Gasteiger partial charge in [0.25, 0.3) is 5.56 Å². The van der Waals surface area contributed by atoms with Crippen molar-refractivity contribution in [3.63, 3.8) is 0 Å². The maximum absolute atomic E-state index is 13.3. The minimum Gasteiger partial charge on any atom is -0.367 e. The van der Waals surface area contributed by atoms with Crippen LogP contribution in [-0.2, 0) is 7.05 Å². The number of aryl methyl sites for hydroxylation is 2. The zero-order valence-corrected chi connectivity index (χ0v) is 17.2. The molecule has 1 saturated heterocycles. The first kappa shape index (κ1) is 19.6. The summed E-state index contributed by atoms with van der Waals surface area (Å²) in [6.07, 6.45) is 0.973. The van der Waals surface area contributed by atoms with Gasteiger partial charge in [-0.2, -0.15) is 0 Å². The predicted octanol–water partition coefficient (Wildman–Crippen LogP) is 3.65. The molecular weight excluding hydrogens is 367 g/mol. The lowest BCUT2D eigenvalue weighted by Gasteiger charge is -2.40. The zero-order chi connectivity index (χ0) is 20.5. The topological polar surface area (TPSA) is 41.4 Å². The van der Waals surface area contributed by atoms with Crippen LogP contribution in [0.2, 0.25) is 0 Å². The van der Waals surface area contributed by atoms with Crippen molar-refractivity contribution in [3.05, 3.63) is 69.9 Å². The van der Waals surface area contributed by atoms with Crippen molar-refractivity contribution >= 4 is 16.7 Å². The van der Waals surface area contributed by atoms with E-state index in [-0.39, 0.29) is 17.4 Å². The van der Waals surface area contributed by atoms with Crippen LogP contribution in [0.4, 0.5) is 10.1 Å². The monoisotopic (exact) mass is 394 g/mol. The van der Waals surface area contributed by atoms with Crippen molar-refractivity contribution in [2.24, 2.45) is 7.05 Å². The predicted molar refractivity (Wildman–Crippen MR) is 115 cm³/mol. The van der Waals surface area contributed by atoms with E-state index in [0.717, 1.165) is 60.6 Å². The Kier molecular flexibility index (Phi) is 5.37. The number of hydrogen-bond donors (Lipinski definition) is 0. The highest BCUT2D eigenvalue weighted by Gasteiger charge is 2.25. The molecule has 0 N–H and O–H groups in total. The summed E-state index contributed by atoms with van der Waals surface area (Å²) in [5.41, 5.74) is 4.74. The molecule has 0 bridgehead atoms. The van der Waals surface area contributed by atoms with Crippen LogP contribution in [0.15, 0.2) is 47.3 Å². The Labute approximate surface area is 170 Å². The number of benzene rings is 1. The third-order valence-corrected chi connectivity index (χ3v) is 5.95. The minimum absolute atomic E-state index is 0.0154. The second-order valence-electron chi connectivity index (χ2n) is 7.75. The molecule has 1 aliphatic rings. The van der Waals surface area contributed by atoms with E-state index in [1.165, 1.54) is 12.1 Å². The van der Waals surface area contributed by atoms with Crippen LogP contribution >= 0.6 is 0 Å². The number of fused-ring (bicyclic) bond motifs is 1. The van der Waals surface area contributed by atoms with Crippen LogP contribution in [0.5, 0.6) is 0 Å². The van der Waals surface area contributed by atoms with Gasteiger partial charge in [0.2, 0.25) is 0 Å². The van der Waals surface area contributed by atoms with E-state index in [0.29, 0.717) is 0 Å². The molecule has 1 aliphatic heterocycles. The third-order valence-electron chi connectivity index (χ3n) is 5.95. The molecule has 4 rings (SSSR count). The summed E-state index contributed by atoms with van der Waals surface area (Å²) in [5, 5.41) is 0. The highest BCUT2D eigenvalue weighted by molar-refractivity contribution is 5.88. The van der Waals surface area contributed by atoms with Crippen molar-refractivity contribution in [3.8, 4) is 0 Å². The van der Waals surface area contributed by atoms with E-state index >= 15 is 0 Å². The van der Waals surface area contributed by atoms with E-state index in [4.69, 9.17) is 4.98 Å². The molecule has 0 radical (unpaired) electrons. The molecule has 3 heterocycles. The average molecular weight is 394 g/mol. The van der Waals surface area contributed by atoms with Gasteiger partial charge in [0.15, 0.2) is 0 Å². The van der Waals surface area contributed by atoms with Gasteiger partial charge in [-0.3, -0.25) is 9.69 Å². The standard InChI is InChI=1S/C23H27FN4O/c1-4-19(17-6-8-18(24)9-7-17)27-11-13-28(14-12-27)21-15-22(29)26(3)20-10-5-16(2)25-23(20)21/h5-10,15,19H,4,11-14H2,1-3H3. The van der Waals surface area contributed by atoms with Gasteiger partial charge in [-0.05, 0) is 43.2 Å². The lowest BCUT2D eigenvalue weighted by Crippen LogP contribution is -2.48. The Balaban J connectivity index is 1.58. The third kappa shape index (κ3) is 3.77. The fraction of sp³-hybridized carbons (Fsp3) is 0.391. The summed E-state index contributed by atoms with van der Waals surface area (Å²) in [6, 6.07) is 12.7. The summed E-state index contributed by atoms with van der Waals surface area (Å²) < 4.78 is 15.0. The molecule has 1 unspecified atom stereocenters. The number of anilines is 1. The summed E-state index contributed by atoms with van der Waals surface area (Å²) in [6.45, 7) is 7.57. The van der Waals surface area contributed by atoms with Crippen LogP contribution in [0.1, 0.15) is 30.6 Å². The maximum atomic E-state index is 13.3. The first-order valence-electron chi connectivity index (χ1n) is 10.2. The van der Waals surface area contributed by atoms with Crippen LogP contribution in [0.3, 0.4) is 0 Å². The van der Waals surface area contributed by atoms with Gasteiger partial charge >= 0.3 is 0 Å². The van der Waals surface area contributed by atoms with Crippen LogP contribution in [0, 0.1) is 12.7 Å². The molecule has 1 aromatic carbocycles. The number of nitrogens with zero attached hydrogens (tertiary/aromatic N) is 4. The summed E-state index contributed by atoms with van der Waals surface area (Å²) in [7, 11) is 1.79. The van der Waals surface area contributed by atoms with Crippen LogP contribution < -0.4 is 10.5 Å². The quantitative estimate of drug-likeness (QED) is 0.677. The largest absolute Gasteiger partial charge is 0.367 e. The normalized spacial score (nSPS) is 16.3. The van der Waals surface area contributed by atoms with Gasteiger partial charge in [0, 0.05) is 51.0 Å². The summed E-state index contributed by atoms with van der Waals surface area (Å²) in [5.74, 6) is -0.200. The van der Waals surface area contributed by atoms with Crippen molar-refractivity contribution in [1.29, 1.82) is 0 Å². The lowest BCUT2D eigenvalue weighted by atomic mass is 10.0. The second-order valence-corrected chi connectivity index (χ2v) is 7.75. The van der Waals surface area contributed by atoms with E-state index in [1.807, 2.05) is 31.2 Å². The Morgan fingerprint density at radius 3 is 2.41 bits per heavy atom. The first-order valence-corrected chi connectivity index (χ1v) is 10.2. The molecule has 0 amide bonds. The fourth-order valence-electron chi connectivity index (χ4n) is 4.31. The van der Waals surface area contributed by atoms with E-state index in [9.17, 15) is 9.18 Å². The maximum Gasteiger partial charge on any atom is 0.252 e. The van der Waals surface area contributed by atoms with Gasteiger partial charge in [0.05, 0.1) is 11.2 Å². The highest BCUT2D eigenvalue weighted by atomic mass is 19.1. The second kappa shape index (κ2) is 7.95. The smallest absolute Gasteiger partial charge is 0.252 e. The highest BCUT2D eigenvalue weighted by Crippen LogP contribution is 2.29. The molecule has 1 atom stereocenters. The van der Waals surface area contributed by atoms with Gasteiger partial charge < -0.3 is 9.47 Å². The van der Waals surface area contributed by atoms with Gasteiger partial charge in [-0.15, -0.1) is 0 Å². The first-order chi connectivity index (χ1) is 14.0. The molecule has 3 aromatic rings. The summed E-state index contributed by atoms with van der Waals surface area (Å²) >= 11 is 0. The molecule has 5 nitrogen and oxygen atoms in total. The fourth-order valence-corrected chi connectivity index (χ4v) is 4.31. The molecule has 6 heteroatoms. The Morgan fingerprint density at radius 2 is 1.76 bits per heavy atom. The average Bonchev–Trinajstić information content (AvgIpc) is 2.73. The van der Waals surface area contributed by atoms with Gasteiger partial charge in [-0.1, -0.05) is 19.1 Å². The van der Waals surface area contributed by atoms with Crippen molar-refractivity contribution in [1.82, 2.24) is 14.5 Å². The van der Waals surface area contributed by atoms with E-state index < -0.39 is 0 Å². The molecular formula is C23H27FN4O. The van der Waals surface area contributed by atoms with Gasteiger partial charge in [-0.25, -0.2) is 9.37 Å². The van der Waals surface area contributed by atoms with Gasteiger partial charge in [0.1, 0.15) is 11.3 Å². The molecule has 0 spiro atoms. The Hall–Kier alpha value is -2.73. The lowest BCUT2D eigenvalue weighted by molar-refractivity contribution is 0.181. The number of hydrogen-bond acceptors (Lipinski definition) is 4. The number of pyridine rings is 2. The molecule has 29 heavy (non-hydrogen) atoms. The molecule has 0 saturated carbocycles. The zero-order valence-electron chi connectivity index (χ0n) is 17.2. The van der Waals surface area contributed by atoms with Crippen LogP contribution in [0.25, 0.3) is 11.0 Å². The number of piperazine rings is 1. The van der Waals surface area contributed by atoms with Crippen LogP contribution in [-0.4, -0.2) is 40.6 Å². The number of aromatic nitrogens is 2. The molecule has 1 fully saturated rings. The van der Waals surface area contributed by atoms with Crippen molar-refractivity contribution in [2.45, 2.75) is 26.3 Å². The number of rotatable bonds is 4. The Morgan fingerprint density at radius 1 is 1.07 bits per heavy atom. The van der Waals surface area contributed by atoms with E-state index in [2.05, 4.69) is 16.7 Å².